The molecule has 5 heteroatoms. The summed E-state index contributed by atoms with van der Waals surface area (Å²) in [6, 6.07) is 1.63. The minimum absolute atomic E-state index is 0.0943. The molecular formula is C7H5BrFN3. The number of fused-ring (bicyclic) bond motifs is 1. The minimum Gasteiger partial charge on any atom is -0.395 e. The second-order valence-corrected chi connectivity index (χ2v) is 3.27. The Morgan fingerprint density at radius 1 is 1.58 bits per heavy atom. The zero-order chi connectivity index (χ0) is 8.72. The fourth-order valence-corrected chi connectivity index (χ4v) is 1.52. The van der Waals surface area contributed by atoms with E-state index in [1.165, 1.54) is 0 Å². The third kappa shape index (κ3) is 0.896. The molecule has 0 bridgehead atoms. The van der Waals surface area contributed by atoms with Crippen LogP contribution in [0.1, 0.15) is 0 Å². The van der Waals surface area contributed by atoms with Gasteiger partial charge >= 0.3 is 0 Å². The minimum atomic E-state index is -0.452. The van der Waals surface area contributed by atoms with E-state index in [9.17, 15) is 4.39 Å². The lowest BCUT2D eigenvalue weighted by Crippen LogP contribution is -1.92. The predicted molar refractivity (Wildman–Crippen MR) is 48.2 cm³/mol. The Kier molecular flexibility index (Phi) is 1.54. The third-order valence-corrected chi connectivity index (χ3v) is 2.24. The van der Waals surface area contributed by atoms with Crippen molar-refractivity contribution in [3.63, 3.8) is 0 Å². The number of benzene rings is 1. The van der Waals surface area contributed by atoms with E-state index in [4.69, 9.17) is 5.73 Å². The van der Waals surface area contributed by atoms with Gasteiger partial charge in [0.05, 0.1) is 21.9 Å². The number of rotatable bonds is 0. The van der Waals surface area contributed by atoms with Gasteiger partial charge in [0.15, 0.2) is 5.82 Å². The zero-order valence-corrected chi connectivity index (χ0v) is 7.52. The van der Waals surface area contributed by atoms with Crippen LogP contribution in [0.2, 0.25) is 0 Å². The third-order valence-electron chi connectivity index (χ3n) is 1.67. The zero-order valence-electron chi connectivity index (χ0n) is 5.94. The molecular weight excluding hydrogens is 225 g/mol. The van der Waals surface area contributed by atoms with E-state index in [0.29, 0.717) is 9.99 Å². The van der Waals surface area contributed by atoms with Gasteiger partial charge in [-0.25, -0.2) is 4.39 Å². The number of nitrogens with zero attached hydrogens (tertiary/aromatic N) is 1. The first kappa shape index (κ1) is 7.54. The van der Waals surface area contributed by atoms with Gasteiger partial charge in [0, 0.05) is 5.39 Å². The number of H-pyrrole nitrogens is 1. The maximum atomic E-state index is 13.1. The Balaban J connectivity index is 2.94. The quantitative estimate of drug-likeness (QED) is 0.680. The van der Waals surface area contributed by atoms with Gasteiger partial charge < -0.3 is 5.73 Å². The van der Waals surface area contributed by atoms with Gasteiger partial charge in [-0.15, -0.1) is 0 Å². The average Bonchev–Trinajstić information content (AvgIpc) is 2.48. The van der Waals surface area contributed by atoms with Crippen molar-refractivity contribution in [2.24, 2.45) is 0 Å². The number of aromatic nitrogens is 2. The molecule has 0 saturated heterocycles. The van der Waals surface area contributed by atoms with E-state index in [1.807, 2.05) is 0 Å². The summed E-state index contributed by atoms with van der Waals surface area (Å²) >= 11 is 3.06. The van der Waals surface area contributed by atoms with Crippen molar-refractivity contribution in [3.05, 3.63) is 22.6 Å². The summed E-state index contributed by atoms with van der Waals surface area (Å²) in [6.45, 7) is 0. The molecule has 3 N–H and O–H groups in total. The number of aromatic amines is 1. The lowest BCUT2D eigenvalue weighted by atomic mass is 10.2. The Labute approximate surface area is 75.9 Å². The Morgan fingerprint density at radius 2 is 2.33 bits per heavy atom. The number of hydrogen-bond donors (Lipinski definition) is 2. The summed E-state index contributed by atoms with van der Waals surface area (Å²) in [5.74, 6) is -0.452. The largest absolute Gasteiger partial charge is 0.395 e. The first-order chi connectivity index (χ1) is 5.70. The van der Waals surface area contributed by atoms with Gasteiger partial charge in [-0.3, -0.25) is 5.10 Å². The van der Waals surface area contributed by atoms with Gasteiger partial charge in [-0.2, -0.15) is 5.10 Å². The molecule has 0 unspecified atom stereocenters. The van der Waals surface area contributed by atoms with E-state index >= 15 is 0 Å². The van der Waals surface area contributed by atoms with Crippen LogP contribution in [0.3, 0.4) is 0 Å². The van der Waals surface area contributed by atoms with Crippen LogP contribution in [0.15, 0.2) is 16.7 Å². The summed E-state index contributed by atoms with van der Waals surface area (Å²) in [5, 5.41) is 7.16. The van der Waals surface area contributed by atoms with Crippen molar-refractivity contribution in [3.8, 4) is 0 Å². The highest BCUT2D eigenvalue weighted by molar-refractivity contribution is 9.10. The van der Waals surface area contributed by atoms with E-state index in [-0.39, 0.29) is 5.69 Å². The van der Waals surface area contributed by atoms with Crippen molar-refractivity contribution in [1.29, 1.82) is 0 Å². The number of nitrogens with one attached hydrogen (secondary N) is 1. The fraction of sp³-hybridized carbons (Fsp3) is 0. The molecule has 0 radical (unpaired) electrons. The number of hydrogen-bond acceptors (Lipinski definition) is 2. The summed E-state index contributed by atoms with van der Waals surface area (Å²) in [7, 11) is 0. The molecule has 0 saturated carbocycles. The number of halogens is 2. The highest BCUT2D eigenvalue weighted by Gasteiger charge is 2.09. The lowest BCUT2D eigenvalue weighted by molar-refractivity contribution is 0.627. The van der Waals surface area contributed by atoms with Gasteiger partial charge in [-0.05, 0) is 22.0 Å². The monoisotopic (exact) mass is 229 g/mol. The fourth-order valence-electron chi connectivity index (χ4n) is 1.06. The molecule has 0 aliphatic carbocycles. The normalized spacial score (nSPS) is 10.8. The van der Waals surface area contributed by atoms with Crippen molar-refractivity contribution in [2.75, 3.05) is 5.73 Å². The van der Waals surface area contributed by atoms with E-state index in [0.717, 1.165) is 5.39 Å². The summed E-state index contributed by atoms with van der Waals surface area (Å²) < 4.78 is 13.5. The second-order valence-electron chi connectivity index (χ2n) is 2.42. The number of nitrogens with two attached hydrogens (primary N) is 1. The molecule has 0 atom stereocenters. The van der Waals surface area contributed by atoms with Gasteiger partial charge in [0.1, 0.15) is 0 Å². The molecule has 2 rings (SSSR count). The van der Waals surface area contributed by atoms with E-state index in [2.05, 4.69) is 26.1 Å². The van der Waals surface area contributed by atoms with Crippen LogP contribution in [-0.4, -0.2) is 10.2 Å². The first-order valence-corrected chi connectivity index (χ1v) is 4.06. The molecule has 0 amide bonds. The maximum Gasteiger partial charge on any atom is 0.162 e. The molecule has 0 aliphatic heterocycles. The SMILES string of the molecule is Nc1c(F)c(Br)cc2cn[nH]c12. The molecule has 0 fully saturated rings. The molecule has 1 aromatic carbocycles. The van der Waals surface area contributed by atoms with Crippen molar-refractivity contribution >= 4 is 32.5 Å². The first-order valence-electron chi connectivity index (χ1n) is 3.26. The Bertz CT molecular complexity index is 437. The second kappa shape index (κ2) is 2.45. The molecule has 2 aromatic rings. The van der Waals surface area contributed by atoms with E-state index in [1.54, 1.807) is 12.3 Å². The van der Waals surface area contributed by atoms with Crippen molar-refractivity contribution < 1.29 is 4.39 Å². The average molecular weight is 230 g/mol. The smallest absolute Gasteiger partial charge is 0.162 e. The molecule has 1 heterocycles. The van der Waals surface area contributed by atoms with Crippen LogP contribution in [0.4, 0.5) is 10.1 Å². The van der Waals surface area contributed by atoms with Crippen molar-refractivity contribution in [1.82, 2.24) is 10.2 Å². The van der Waals surface area contributed by atoms with Crippen LogP contribution in [0, 0.1) is 5.82 Å². The molecule has 0 spiro atoms. The van der Waals surface area contributed by atoms with Gasteiger partial charge in [0.25, 0.3) is 0 Å². The van der Waals surface area contributed by atoms with Crippen LogP contribution in [0.25, 0.3) is 10.9 Å². The number of anilines is 1. The topological polar surface area (TPSA) is 54.7 Å². The summed E-state index contributed by atoms with van der Waals surface area (Å²) in [5.41, 5.74) is 6.12. The van der Waals surface area contributed by atoms with Gasteiger partial charge in [0.2, 0.25) is 0 Å². The van der Waals surface area contributed by atoms with Crippen LogP contribution in [0.5, 0.6) is 0 Å². The summed E-state index contributed by atoms with van der Waals surface area (Å²) in [6.07, 6.45) is 1.59. The highest BCUT2D eigenvalue weighted by atomic mass is 79.9. The van der Waals surface area contributed by atoms with E-state index < -0.39 is 5.82 Å². The molecule has 1 aromatic heterocycles. The highest BCUT2D eigenvalue weighted by Crippen LogP contribution is 2.28. The molecule has 0 aliphatic rings. The van der Waals surface area contributed by atoms with Gasteiger partial charge in [-0.1, -0.05) is 0 Å². The molecule has 3 nitrogen and oxygen atoms in total. The predicted octanol–water partition coefficient (Wildman–Crippen LogP) is 2.05. The Morgan fingerprint density at radius 3 is 3.08 bits per heavy atom. The maximum absolute atomic E-state index is 13.1. The van der Waals surface area contributed by atoms with Crippen LogP contribution < -0.4 is 5.73 Å². The lowest BCUT2D eigenvalue weighted by Gasteiger charge is -1.99. The Hall–Kier alpha value is -1.10. The van der Waals surface area contributed by atoms with Crippen LogP contribution >= 0.6 is 15.9 Å². The summed E-state index contributed by atoms with van der Waals surface area (Å²) in [4.78, 5) is 0. The molecule has 12 heavy (non-hydrogen) atoms. The molecule has 62 valence electrons. The van der Waals surface area contributed by atoms with Crippen molar-refractivity contribution in [2.45, 2.75) is 0 Å². The standard InChI is InChI=1S/C7H5BrFN3/c8-4-1-3-2-11-12-7(3)6(10)5(4)9/h1-2H,10H2,(H,11,12). The number of nitrogen functional groups attached to an aromatic ring is 1. The van der Waals surface area contributed by atoms with Crippen LogP contribution in [-0.2, 0) is 0 Å².